The third-order valence-corrected chi connectivity index (χ3v) is 3.98. The minimum absolute atomic E-state index is 0. The second-order valence-corrected chi connectivity index (χ2v) is 6.06. The molecule has 0 fully saturated rings. The van der Waals surface area contributed by atoms with Crippen LogP contribution in [0.1, 0.15) is 23.9 Å². The van der Waals surface area contributed by atoms with Crippen LogP contribution in [0.3, 0.4) is 0 Å². The van der Waals surface area contributed by atoms with E-state index in [1.807, 2.05) is 24.3 Å². The highest BCUT2D eigenvalue weighted by Gasteiger charge is 2.03. The molecule has 0 atom stereocenters. The van der Waals surface area contributed by atoms with E-state index in [1.54, 1.807) is 0 Å². The van der Waals surface area contributed by atoms with Gasteiger partial charge in [-0.05, 0) is 31.5 Å². The van der Waals surface area contributed by atoms with E-state index in [1.165, 1.54) is 11.1 Å². The summed E-state index contributed by atoms with van der Waals surface area (Å²) < 4.78 is 0. The summed E-state index contributed by atoms with van der Waals surface area (Å²) >= 11 is 0. The lowest BCUT2D eigenvalue weighted by Gasteiger charge is -2.10. The third kappa shape index (κ3) is 5.72. The van der Waals surface area contributed by atoms with Crippen LogP contribution in [0.15, 0.2) is 53.5 Å². The SMILES string of the molecule is CCNC(=NCc1ccc(C)cc1)NCCc1nc2ccccc2[nH]1.I. The minimum atomic E-state index is 0. The van der Waals surface area contributed by atoms with Crippen LogP contribution >= 0.6 is 24.0 Å². The Bertz CT molecular complexity index is 806. The number of nitrogens with zero attached hydrogens (tertiary/aromatic N) is 2. The number of para-hydroxylation sites is 2. The van der Waals surface area contributed by atoms with Gasteiger partial charge in [-0.25, -0.2) is 9.98 Å². The van der Waals surface area contributed by atoms with Crippen LogP contribution in [0.4, 0.5) is 0 Å². The number of guanidine groups is 1. The molecule has 0 aliphatic rings. The molecule has 0 radical (unpaired) electrons. The highest BCUT2D eigenvalue weighted by molar-refractivity contribution is 14.0. The van der Waals surface area contributed by atoms with Crippen molar-refractivity contribution in [3.8, 4) is 0 Å². The van der Waals surface area contributed by atoms with Gasteiger partial charge >= 0.3 is 0 Å². The predicted octanol–water partition coefficient (Wildman–Crippen LogP) is 3.79. The van der Waals surface area contributed by atoms with Crippen molar-refractivity contribution in [2.24, 2.45) is 4.99 Å². The number of aromatic amines is 1. The van der Waals surface area contributed by atoms with Crippen LogP contribution in [0, 0.1) is 6.92 Å². The number of aliphatic imine (C=N–C) groups is 1. The summed E-state index contributed by atoms with van der Waals surface area (Å²) in [6.07, 6.45) is 0.823. The smallest absolute Gasteiger partial charge is 0.191 e. The van der Waals surface area contributed by atoms with Crippen LogP contribution < -0.4 is 10.6 Å². The fourth-order valence-corrected chi connectivity index (χ4v) is 2.63. The summed E-state index contributed by atoms with van der Waals surface area (Å²) in [6.45, 7) is 6.45. The van der Waals surface area contributed by atoms with E-state index in [-0.39, 0.29) is 24.0 Å². The first-order valence-corrected chi connectivity index (χ1v) is 8.76. The summed E-state index contributed by atoms with van der Waals surface area (Å²) in [6, 6.07) is 16.6. The van der Waals surface area contributed by atoms with Gasteiger partial charge in [0.2, 0.25) is 0 Å². The zero-order valence-electron chi connectivity index (χ0n) is 15.2. The Balaban J connectivity index is 0.00000243. The number of benzene rings is 2. The minimum Gasteiger partial charge on any atom is -0.357 e. The van der Waals surface area contributed by atoms with E-state index < -0.39 is 0 Å². The zero-order valence-corrected chi connectivity index (χ0v) is 17.6. The molecule has 1 aromatic heterocycles. The number of aromatic nitrogens is 2. The Morgan fingerprint density at radius 1 is 1.08 bits per heavy atom. The van der Waals surface area contributed by atoms with E-state index in [0.717, 1.165) is 42.3 Å². The summed E-state index contributed by atoms with van der Waals surface area (Å²) in [7, 11) is 0. The van der Waals surface area contributed by atoms with Crippen molar-refractivity contribution < 1.29 is 0 Å². The lowest BCUT2D eigenvalue weighted by molar-refractivity contribution is 0.780. The molecule has 3 aromatic rings. The Morgan fingerprint density at radius 3 is 2.58 bits per heavy atom. The van der Waals surface area contributed by atoms with Gasteiger partial charge in [0, 0.05) is 19.5 Å². The van der Waals surface area contributed by atoms with E-state index in [9.17, 15) is 0 Å². The highest BCUT2D eigenvalue weighted by Crippen LogP contribution is 2.10. The first-order valence-electron chi connectivity index (χ1n) is 8.76. The Morgan fingerprint density at radius 2 is 1.85 bits per heavy atom. The van der Waals surface area contributed by atoms with Gasteiger partial charge in [0.1, 0.15) is 5.82 Å². The van der Waals surface area contributed by atoms with Gasteiger partial charge in [-0.3, -0.25) is 0 Å². The van der Waals surface area contributed by atoms with E-state index in [4.69, 9.17) is 0 Å². The first-order chi connectivity index (χ1) is 12.2. The number of H-pyrrole nitrogens is 1. The lowest BCUT2D eigenvalue weighted by atomic mass is 10.1. The maximum Gasteiger partial charge on any atom is 0.191 e. The highest BCUT2D eigenvalue weighted by atomic mass is 127. The largest absolute Gasteiger partial charge is 0.357 e. The average molecular weight is 463 g/mol. The maximum absolute atomic E-state index is 4.65. The number of hydrogen-bond donors (Lipinski definition) is 3. The van der Waals surface area contributed by atoms with Crippen molar-refractivity contribution >= 4 is 41.0 Å². The van der Waals surface area contributed by atoms with Gasteiger partial charge in [0.25, 0.3) is 0 Å². The van der Waals surface area contributed by atoms with Gasteiger partial charge in [-0.2, -0.15) is 0 Å². The Hall–Kier alpha value is -2.09. The molecule has 0 saturated heterocycles. The monoisotopic (exact) mass is 463 g/mol. The van der Waals surface area contributed by atoms with Crippen molar-refractivity contribution in [3.63, 3.8) is 0 Å². The second-order valence-electron chi connectivity index (χ2n) is 6.06. The molecule has 26 heavy (non-hydrogen) atoms. The topological polar surface area (TPSA) is 65.1 Å². The number of fused-ring (bicyclic) bond motifs is 1. The number of aryl methyl sites for hydroxylation is 1. The second kappa shape index (κ2) is 10.2. The lowest BCUT2D eigenvalue weighted by Crippen LogP contribution is -2.38. The summed E-state index contributed by atoms with van der Waals surface area (Å²) in [5.74, 6) is 1.82. The summed E-state index contributed by atoms with van der Waals surface area (Å²) in [5.41, 5.74) is 4.57. The van der Waals surface area contributed by atoms with Crippen LogP contribution in [-0.2, 0) is 13.0 Å². The van der Waals surface area contributed by atoms with Crippen molar-refractivity contribution in [2.75, 3.05) is 13.1 Å². The molecule has 1 heterocycles. The number of rotatable bonds is 6. The number of halogens is 1. The standard InChI is InChI=1S/C20H25N5.HI/c1-3-21-20(23-14-16-10-8-15(2)9-11-16)22-13-12-19-24-17-6-4-5-7-18(17)25-19;/h4-11H,3,12-14H2,1-2H3,(H,24,25)(H2,21,22,23);1H. The quantitative estimate of drug-likeness (QED) is 0.296. The molecule has 5 nitrogen and oxygen atoms in total. The van der Waals surface area contributed by atoms with Gasteiger partial charge in [-0.15, -0.1) is 24.0 Å². The molecule has 3 N–H and O–H groups in total. The molecule has 0 saturated carbocycles. The van der Waals surface area contributed by atoms with E-state index in [0.29, 0.717) is 6.54 Å². The van der Waals surface area contributed by atoms with Gasteiger partial charge in [0.15, 0.2) is 5.96 Å². The van der Waals surface area contributed by atoms with Crippen molar-refractivity contribution in [3.05, 3.63) is 65.5 Å². The molecule has 6 heteroatoms. The van der Waals surface area contributed by atoms with Crippen LogP contribution in [0.5, 0.6) is 0 Å². The Kier molecular flexibility index (Phi) is 7.90. The van der Waals surface area contributed by atoms with Crippen LogP contribution in [0.2, 0.25) is 0 Å². The number of hydrogen-bond acceptors (Lipinski definition) is 2. The molecule has 0 amide bonds. The van der Waals surface area contributed by atoms with Crippen molar-refractivity contribution in [2.45, 2.75) is 26.8 Å². The summed E-state index contributed by atoms with van der Waals surface area (Å²) in [5, 5.41) is 6.66. The summed E-state index contributed by atoms with van der Waals surface area (Å²) in [4.78, 5) is 12.6. The van der Waals surface area contributed by atoms with Gasteiger partial charge in [-0.1, -0.05) is 42.0 Å². The third-order valence-electron chi connectivity index (χ3n) is 3.98. The molecule has 0 aliphatic carbocycles. The predicted molar refractivity (Wildman–Crippen MR) is 119 cm³/mol. The molecule has 138 valence electrons. The molecule has 0 unspecified atom stereocenters. The van der Waals surface area contributed by atoms with Gasteiger partial charge in [0.05, 0.1) is 17.6 Å². The molecular formula is C20H26IN5. The molecule has 3 rings (SSSR count). The molecule has 0 bridgehead atoms. The van der Waals surface area contributed by atoms with E-state index >= 15 is 0 Å². The first kappa shape index (κ1) is 20.2. The average Bonchev–Trinajstić information content (AvgIpc) is 3.04. The van der Waals surface area contributed by atoms with E-state index in [2.05, 4.69) is 63.7 Å². The fourth-order valence-electron chi connectivity index (χ4n) is 2.63. The molecule has 2 aromatic carbocycles. The normalized spacial score (nSPS) is 11.2. The zero-order chi connectivity index (χ0) is 17.5. The molecule has 0 spiro atoms. The molecular weight excluding hydrogens is 437 g/mol. The van der Waals surface area contributed by atoms with Gasteiger partial charge < -0.3 is 15.6 Å². The molecule has 0 aliphatic heterocycles. The Labute approximate surface area is 171 Å². The van der Waals surface area contributed by atoms with Crippen molar-refractivity contribution in [1.29, 1.82) is 0 Å². The maximum atomic E-state index is 4.65. The van der Waals surface area contributed by atoms with Crippen LogP contribution in [0.25, 0.3) is 11.0 Å². The number of imidazole rings is 1. The number of nitrogens with one attached hydrogen (secondary N) is 3. The van der Waals surface area contributed by atoms with Crippen LogP contribution in [-0.4, -0.2) is 29.0 Å². The van der Waals surface area contributed by atoms with Crippen molar-refractivity contribution in [1.82, 2.24) is 20.6 Å². The fraction of sp³-hybridized carbons (Fsp3) is 0.300.